The molecule has 0 atom stereocenters. The molecule has 0 aliphatic carbocycles. The summed E-state index contributed by atoms with van der Waals surface area (Å²) in [6.45, 7) is 0. The summed E-state index contributed by atoms with van der Waals surface area (Å²) >= 11 is 6.05. The number of hydrazone groups is 1. The summed E-state index contributed by atoms with van der Waals surface area (Å²) in [5, 5.41) is 5.45. The Morgan fingerprint density at radius 2 is 1.90 bits per heavy atom. The number of benzene rings is 2. The molecule has 0 spiro atoms. The van der Waals surface area contributed by atoms with Crippen LogP contribution in [0.5, 0.6) is 0 Å². The molecule has 3 rings (SSSR count). The van der Waals surface area contributed by atoms with Crippen molar-refractivity contribution < 1.29 is 0 Å². The summed E-state index contributed by atoms with van der Waals surface area (Å²) in [7, 11) is 0. The van der Waals surface area contributed by atoms with Crippen molar-refractivity contribution in [2.45, 2.75) is 0 Å². The lowest BCUT2D eigenvalue weighted by Gasteiger charge is -2.01. The second kappa shape index (κ2) is 5.67. The predicted octanol–water partition coefficient (Wildman–Crippen LogP) is 3.73. The molecule has 98 valence electrons. The maximum atomic E-state index is 6.05. The molecular weight excluding hydrogens is 272 g/mol. The van der Waals surface area contributed by atoms with Crippen molar-refractivity contribution in [3.8, 4) is 0 Å². The Balaban J connectivity index is 1.82. The lowest BCUT2D eigenvalue weighted by atomic mass is 10.2. The van der Waals surface area contributed by atoms with Crippen molar-refractivity contribution in [1.29, 1.82) is 0 Å². The average molecular weight is 283 g/mol. The summed E-state index contributed by atoms with van der Waals surface area (Å²) in [5.41, 5.74) is 5.64. The average Bonchev–Trinajstić information content (AvgIpc) is 2.49. The lowest BCUT2D eigenvalue weighted by Crippen LogP contribution is -1.91. The Kier molecular flexibility index (Phi) is 3.56. The standard InChI is InChI=1S/C15H11ClN4/c16-15-13-8-11(6-7-14(13)17-10-18-15)9-19-20-12-4-2-1-3-5-12/h1-10,20H. The number of fused-ring (bicyclic) bond motifs is 1. The van der Waals surface area contributed by atoms with E-state index < -0.39 is 0 Å². The number of hydrogen-bond donors (Lipinski definition) is 1. The van der Waals surface area contributed by atoms with Crippen LogP contribution in [-0.2, 0) is 0 Å². The van der Waals surface area contributed by atoms with Crippen molar-refractivity contribution >= 4 is 34.4 Å². The van der Waals surface area contributed by atoms with Gasteiger partial charge < -0.3 is 0 Å². The second-order valence-electron chi connectivity index (χ2n) is 4.18. The van der Waals surface area contributed by atoms with Crippen LogP contribution in [0.2, 0.25) is 5.15 Å². The number of nitrogens with zero attached hydrogens (tertiary/aromatic N) is 3. The first kappa shape index (κ1) is 12.6. The monoisotopic (exact) mass is 282 g/mol. The van der Waals surface area contributed by atoms with Crippen LogP contribution in [-0.4, -0.2) is 16.2 Å². The third kappa shape index (κ3) is 2.75. The number of rotatable bonds is 3. The highest BCUT2D eigenvalue weighted by Gasteiger charge is 2.01. The zero-order valence-corrected chi connectivity index (χ0v) is 11.2. The maximum absolute atomic E-state index is 6.05. The molecule has 0 unspecified atom stereocenters. The molecule has 2 aromatic carbocycles. The summed E-state index contributed by atoms with van der Waals surface area (Å²) in [6.07, 6.45) is 3.19. The molecule has 1 N–H and O–H groups in total. The van der Waals surface area contributed by atoms with Gasteiger partial charge in [-0.05, 0) is 29.8 Å². The third-order valence-electron chi connectivity index (χ3n) is 2.79. The van der Waals surface area contributed by atoms with Crippen LogP contribution < -0.4 is 5.43 Å². The SMILES string of the molecule is Clc1ncnc2ccc(C=NNc3ccccc3)cc12. The number of para-hydroxylation sites is 1. The van der Waals surface area contributed by atoms with Gasteiger partial charge in [0, 0.05) is 5.39 Å². The van der Waals surface area contributed by atoms with E-state index in [4.69, 9.17) is 11.6 Å². The lowest BCUT2D eigenvalue weighted by molar-refractivity contribution is 1.22. The summed E-state index contributed by atoms with van der Waals surface area (Å²) in [6, 6.07) is 15.5. The van der Waals surface area contributed by atoms with Gasteiger partial charge in [-0.1, -0.05) is 35.9 Å². The van der Waals surface area contributed by atoms with Crippen LogP contribution in [0.3, 0.4) is 0 Å². The van der Waals surface area contributed by atoms with Gasteiger partial charge in [0.2, 0.25) is 0 Å². The van der Waals surface area contributed by atoms with E-state index >= 15 is 0 Å². The molecule has 0 radical (unpaired) electrons. The summed E-state index contributed by atoms with van der Waals surface area (Å²) in [5.74, 6) is 0. The van der Waals surface area contributed by atoms with Crippen molar-refractivity contribution in [3.05, 3.63) is 65.6 Å². The first-order valence-electron chi connectivity index (χ1n) is 6.07. The molecule has 3 aromatic rings. The molecule has 20 heavy (non-hydrogen) atoms. The number of halogens is 1. The Hall–Kier alpha value is -2.46. The zero-order chi connectivity index (χ0) is 13.8. The number of hydrogen-bond acceptors (Lipinski definition) is 4. The van der Waals surface area contributed by atoms with Gasteiger partial charge in [-0.25, -0.2) is 9.97 Å². The Morgan fingerprint density at radius 3 is 2.75 bits per heavy atom. The van der Waals surface area contributed by atoms with Crippen LogP contribution in [0.15, 0.2) is 60.0 Å². The molecular formula is C15H11ClN4. The van der Waals surface area contributed by atoms with E-state index in [-0.39, 0.29) is 0 Å². The highest BCUT2D eigenvalue weighted by molar-refractivity contribution is 6.34. The van der Waals surface area contributed by atoms with Crippen LogP contribution in [0.25, 0.3) is 10.9 Å². The molecule has 1 heterocycles. The Labute approximate surface area is 121 Å². The largest absolute Gasteiger partial charge is 0.279 e. The van der Waals surface area contributed by atoms with Gasteiger partial charge >= 0.3 is 0 Å². The zero-order valence-electron chi connectivity index (χ0n) is 10.5. The van der Waals surface area contributed by atoms with E-state index in [9.17, 15) is 0 Å². The molecule has 0 amide bonds. The molecule has 0 bridgehead atoms. The molecule has 0 saturated carbocycles. The maximum Gasteiger partial charge on any atom is 0.140 e. The molecule has 0 saturated heterocycles. The normalized spacial score (nSPS) is 11.1. The van der Waals surface area contributed by atoms with Crippen molar-refractivity contribution in [3.63, 3.8) is 0 Å². The minimum absolute atomic E-state index is 0.446. The van der Waals surface area contributed by atoms with Crippen molar-refractivity contribution in [2.24, 2.45) is 5.10 Å². The fourth-order valence-electron chi connectivity index (χ4n) is 1.82. The molecule has 0 fully saturated rings. The van der Waals surface area contributed by atoms with Gasteiger partial charge in [0.15, 0.2) is 0 Å². The van der Waals surface area contributed by atoms with Gasteiger partial charge in [0.25, 0.3) is 0 Å². The highest BCUT2D eigenvalue weighted by Crippen LogP contribution is 2.19. The number of nitrogens with one attached hydrogen (secondary N) is 1. The molecule has 0 aliphatic rings. The van der Waals surface area contributed by atoms with E-state index in [1.54, 1.807) is 6.21 Å². The minimum Gasteiger partial charge on any atom is -0.279 e. The van der Waals surface area contributed by atoms with Crippen LogP contribution in [0, 0.1) is 0 Å². The van der Waals surface area contributed by atoms with Gasteiger partial charge in [-0.2, -0.15) is 5.10 Å². The van der Waals surface area contributed by atoms with Crippen molar-refractivity contribution in [2.75, 3.05) is 5.43 Å². The Morgan fingerprint density at radius 1 is 1.05 bits per heavy atom. The molecule has 4 nitrogen and oxygen atoms in total. The van der Waals surface area contributed by atoms with Crippen LogP contribution in [0.1, 0.15) is 5.56 Å². The van der Waals surface area contributed by atoms with Crippen LogP contribution in [0.4, 0.5) is 5.69 Å². The van der Waals surface area contributed by atoms with Crippen LogP contribution >= 0.6 is 11.6 Å². The van der Waals surface area contributed by atoms with E-state index in [1.807, 2.05) is 48.5 Å². The second-order valence-corrected chi connectivity index (χ2v) is 4.54. The van der Waals surface area contributed by atoms with Gasteiger partial charge in [0.05, 0.1) is 17.4 Å². The van der Waals surface area contributed by atoms with E-state index in [0.29, 0.717) is 5.15 Å². The predicted molar refractivity (Wildman–Crippen MR) is 82.2 cm³/mol. The molecule has 5 heteroatoms. The van der Waals surface area contributed by atoms with E-state index in [2.05, 4.69) is 20.5 Å². The molecule has 1 aromatic heterocycles. The fourth-order valence-corrected chi connectivity index (χ4v) is 2.01. The topological polar surface area (TPSA) is 50.2 Å². The first-order chi connectivity index (χ1) is 9.83. The number of anilines is 1. The Bertz CT molecular complexity index is 756. The summed E-state index contributed by atoms with van der Waals surface area (Å²) < 4.78 is 0. The fraction of sp³-hybridized carbons (Fsp3) is 0. The van der Waals surface area contributed by atoms with E-state index in [1.165, 1.54) is 6.33 Å². The first-order valence-corrected chi connectivity index (χ1v) is 6.45. The van der Waals surface area contributed by atoms with E-state index in [0.717, 1.165) is 22.2 Å². The van der Waals surface area contributed by atoms with Gasteiger partial charge in [-0.15, -0.1) is 0 Å². The quantitative estimate of drug-likeness (QED) is 0.452. The highest BCUT2D eigenvalue weighted by atomic mass is 35.5. The van der Waals surface area contributed by atoms with Crippen molar-refractivity contribution in [1.82, 2.24) is 9.97 Å². The summed E-state index contributed by atoms with van der Waals surface area (Å²) in [4.78, 5) is 8.13. The van der Waals surface area contributed by atoms with Gasteiger partial charge in [0.1, 0.15) is 11.5 Å². The smallest absolute Gasteiger partial charge is 0.140 e. The third-order valence-corrected chi connectivity index (χ3v) is 3.09. The molecule has 0 aliphatic heterocycles. The minimum atomic E-state index is 0.446. The van der Waals surface area contributed by atoms with Gasteiger partial charge in [-0.3, -0.25) is 5.43 Å². The number of aromatic nitrogens is 2.